The SMILES string of the molecule is CN[C@@H]1C[C@H]2CC[C@@H]1O2. The van der Waals surface area contributed by atoms with Crippen LogP contribution in [0, 0.1) is 0 Å². The van der Waals surface area contributed by atoms with Gasteiger partial charge in [0, 0.05) is 6.04 Å². The average molecular weight is 127 g/mol. The monoisotopic (exact) mass is 127 g/mol. The number of hydrogen-bond donors (Lipinski definition) is 1. The summed E-state index contributed by atoms with van der Waals surface area (Å²) in [5.41, 5.74) is 0. The van der Waals surface area contributed by atoms with Crippen molar-refractivity contribution in [3.05, 3.63) is 0 Å². The zero-order valence-electron chi connectivity index (χ0n) is 5.76. The van der Waals surface area contributed by atoms with E-state index in [2.05, 4.69) is 5.32 Å². The van der Waals surface area contributed by atoms with Gasteiger partial charge in [-0.25, -0.2) is 0 Å². The molecule has 0 aromatic heterocycles. The molecule has 52 valence electrons. The fourth-order valence-electron chi connectivity index (χ4n) is 1.94. The van der Waals surface area contributed by atoms with E-state index < -0.39 is 0 Å². The third-order valence-corrected chi connectivity index (χ3v) is 2.48. The summed E-state index contributed by atoms with van der Waals surface area (Å²) in [6.45, 7) is 0. The molecule has 2 fully saturated rings. The van der Waals surface area contributed by atoms with Crippen LogP contribution in [0.4, 0.5) is 0 Å². The fraction of sp³-hybridized carbons (Fsp3) is 1.00. The van der Waals surface area contributed by atoms with E-state index in [9.17, 15) is 0 Å². The second-order valence-electron chi connectivity index (χ2n) is 3.00. The van der Waals surface area contributed by atoms with Crippen LogP contribution in [0.1, 0.15) is 19.3 Å². The molecule has 2 rings (SSSR count). The molecular weight excluding hydrogens is 114 g/mol. The van der Waals surface area contributed by atoms with Gasteiger partial charge >= 0.3 is 0 Å². The molecule has 0 unspecified atom stereocenters. The molecule has 9 heavy (non-hydrogen) atoms. The Morgan fingerprint density at radius 3 is 2.67 bits per heavy atom. The minimum absolute atomic E-state index is 0.542. The molecule has 0 radical (unpaired) electrons. The first-order chi connectivity index (χ1) is 4.40. The molecule has 2 heteroatoms. The van der Waals surface area contributed by atoms with Crippen LogP contribution in [0.15, 0.2) is 0 Å². The molecule has 1 N–H and O–H groups in total. The molecule has 3 atom stereocenters. The number of likely N-dealkylation sites (N-methyl/N-ethyl adjacent to an activating group) is 1. The zero-order chi connectivity index (χ0) is 6.27. The lowest BCUT2D eigenvalue weighted by Gasteiger charge is -2.16. The van der Waals surface area contributed by atoms with Crippen LogP contribution in [0.25, 0.3) is 0 Å². The Bertz CT molecular complexity index is 115. The minimum Gasteiger partial charge on any atom is -0.373 e. The maximum absolute atomic E-state index is 5.61. The summed E-state index contributed by atoms with van der Waals surface area (Å²) in [4.78, 5) is 0. The van der Waals surface area contributed by atoms with E-state index >= 15 is 0 Å². The number of hydrogen-bond acceptors (Lipinski definition) is 2. The third kappa shape index (κ3) is 0.775. The van der Waals surface area contributed by atoms with Crippen molar-refractivity contribution in [2.24, 2.45) is 0 Å². The predicted octanol–water partition coefficient (Wildman–Crippen LogP) is 0.526. The van der Waals surface area contributed by atoms with Crippen molar-refractivity contribution in [3.8, 4) is 0 Å². The van der Waals surface area contributed by atoms with Gasteiger partial charge < -0.3 is 10.1 Å². The Morgan fingerprint density at radius 2 is 2.33 bits per heavy atom. The van der Waals surface area contributed by atoms with Crippen molar-refractivity contribution in [1.82, 2.24) is 5.32 Å². The largest absolute Gasteiger partial charge is 0.373 e. The molecule has 2 heterocycles. The molecule has 0 amide bonds. The van der Waals surface area contributed by atoms with Gasteiger partial charge in [0.1, 0.15) is 0 Å². The van der Waals surface area contributed by atoms with Crippen molar-refractivity contribution in [1.29, 1.82) is 0 Å². The van der Waals surface area contributed by atoms with E-state index in [-0.39, 0.29) is 0 Å². The van der Waals surface area contributed by atoms with Crippen LogP contribution < -0.4 is 5.32 Å². The maximum atomic E-state index is 5.61. The van der Waals surface area contributed by atoms with Gasteiger partial charge in [0.05, 0.1) is 12.2 Å². The standard InChI is InChI=1S/C7H13NO/c1-8-6-4-5-2-3-7(6)9-5/h5-8H,2-4H2,1H3/t5-,6-,7+/m1/s1. The number of nitrogens with one attached hydrogen (secondary N) is 1. The molecule has 2 aliphatic rings. The van der Waals surface area contributed by atoms with Gasteiger partial charge in [-0.15, -0.1) is 0 Å². The highest BCUT2D eigenvalue weighted by atomic mass is 16.5. The van der Waals surface area contributed by atoms with Crippen molar-refractivity contribution >= 4 is 0 Å². The molecule has 2 aliphatic heterocycles. The summed E-state index contributed by atoms with van der Waals surface area (Å²) >= 11 is 0. The van der Waals surface area contributed by atoms with Crippen LogP contribution in [0.5, 0.6) is 0 Å². The average Bonchev–Trinajstić information content (AvgIpc) is 2.45. The molecule has 2 saturated heterocycles. The summed E-state index contributed by atoms with van der Waals surface area (Å²) in [7, 11) is 2.02. The normalized spacial score (nSPS) is 48.3. The lowest BCUT2D eigenvalue weighted by molar-refractivity contribution is 0.0983. The van der Waals surface area contributed by atoms with E-state index in [0.717, 1.165) is 0 Å². The molecule has 0 aromatic carbocycles. The van der Waals surface area contributed by atoms with Gasteiger partial charge in [-0.1, -0.05) is 0 Å². The minimum atomic E-state index is 0.542. The maximum Gasteiger partial charge on any atom is 0.0733 e. The third-order valence-electron chi connectivity index (χ3n) is 2.48. The van der Waals surface area contributed by atoms with E-state index in [0.29, 0.717) is 18.2 Å². The second kappa shape index (κ2) is 1.96. The van der Waals surface area contributed by atoms with E-state index in [1.54, 1.807) is 0 Å². The van der Waals surface area contributed by atoms with Crippen molar-refractivity contribution < 1.29 is 4.74 Å². The van der Waals surface area contributed by atoms with Crippen molar-refractivity contribution in [2.75, 3.05) is 7.05 Å². The van der Waals surface area contributed by atoms with E-state index in [1.807, 2.05) is 7.05 Å². The number of rotatable bonds is 1. The van der Waals surface area contributed by atoms with Crippen LogP contribution in [-0.2, 0) is 4.74 Å². The van der Waals surface area contributed by atoms with Crippen LogP contribution in [0.2, 0.25) is 0 Å². The summed E-state index contributed by atoms with van der Waals surface area (Å²) in [6.07, 6.45) is 4.94. The molecule has 0 aromatic rings. The quantitative estimate of drug-likeness (QED) is 0.554. The molecule has 2 bridgehead atoms. The first-order valence-electron chi connectivity index (χ1n) is 3.73. The van der Waals surface area contributed by atoms with Crippen molar-refractivity contribution in [3.63, 3.8) is 0 Å². The summed E-state index contributed by atoms with van der Waals surface area (Å²) in [5, 5.41) is 3.27. The summed E-state index contributed by atoms with van der Waals surface area (Å²) in [5.74, 6) is 0. The predicted molar refractivity (Wildman–Crippen MR) is 35.4 cm³/mol. The van der Waals surface area contributed by atoms with Crippen LogP contribution in [-0.4, -0.2) is 25.3 Å². The number of fused-ring (bicyclic) bond motifs is 2. The highest BCUT2D eigenvalue weighted by molar-refractivity contribution is 4.92. The molecule has 0 aliphatic carbocycles. The number of ether oxygens (including phenoxy) is 1. The second-order valence-corrected chi connectivity index (χ2v) is 3.00. The zero-order valence-corrected chi connectivity index (χ0v) is 5.76. The highest BCUT2D eigenvalue weighted by Crippen LogP contribution is 2.33. The Labute approximate surface area is 55.6 Å². The first-order valence-corrected chi connectivity index (χ1v) is 3.73. The lowest BCUT2D eigenvalue weighted by atomic mass is 9.96. The van der Waals surface area contributed by atoms with Gasteiger partial charge in [-0.3, -0.25) is 0 Å². The Morgan fingerprint density at radius 1 is 1.44 bits per heavy atom. The van der Waals surface area contributed by atoms with Crippen LogP contribution in [0.3, 0.4) is 0 Å². The molecule has 0 spiro atoms. The van der Waals surface area contributed by atoms with Gasteiger partial charge in [-0.2, -0.15) is 0 Å². The summed E-state index contributed by atoms with van der Waals surface area (Å²) < 4.78 is 5.61. The highest BCUT2D eigenvalue weighted by Gasteiger charge is 2.39. The lowest BCUT2D eigenvalue weighted by Crippen LogP contribution is -2.34. The Hall–Kier alpha value is -0.0800. The molecule has 2 nitrogen and oxygen atoms in total. The summed E-state index contributed by atoms with van der Waals surface area (Å²) in [6, 6.07) is 0.656. The Kier molecular flexibility index (Phi) is 1.24. The van der Waals surface area contributed by atoms with Crippen LogP contribution >= 0.6 is 0 Å². The Balaban J connectivity index is 2.01. The topological polar surface area (TPSA) is 21.3 Å². The van der Waals surface area contributed by atoms with Gasteiger partial charge in [-0.05, 0) is 26.3 Å². The van der Waals surface area contributed by atoms with E-state index in [4.69, 9.17) is 4.74 Å². The molecule has 0 saturated carbocycles. The van der Waals surface area contributed by atoms with Gasteiger partial charge in [0.15, 0.2) is 0 Å². The smallest absolute Gasteiger partial charge is 0.0733 e. The first kappa shape index (κ1) is 5.69. The van der Waals surface area contributed by atoms with Gasteiger partial charge in [0.25, 0.3) is 0 Å². The molecular formula is C7H13NO. The van der Waals surface area contributed by atoms with E-state index in [1.165, 1.54) is 19.3 Å². The van der Waals surface area contributed by atoms with Gasteiger partial charge in [0.2, 0.25) is 0 Å². The fourth-order valence-corrected chi connectivity index (χ4v) is 1.94. The van der Waals surface area contributed by atoms with Crippen molar-refractivity contribution in [2.45, 2.75) is 37.5 Å².